The number of H-pyrrole nitrogens is 1. The number of aliphatic carboxylic acids is 1. The van der Waals surface area contributed by atoms with E-state index in [1.54, 1.807) is 36.5 Å². The second-order valence-corrected chi connectivity index (χ2v) is 9.22. The highest BCUT2D eigenvalue weighted by Crippen LogP contribution is 2.19. The first kappa shape index (κ1) is 28.9. The van der Waals surface area contributed by atoms with Crippen LogP contribution in [0.15, 0.2) is 60.8 Å². The number of carbonyl (C=O) groups excluding carboxylic acids is 4. The number of carboxylic acid groups (broad SMARTS) is 1. The average Bonchev–Trinajstić information content (AvgIpc) is 3.30. The number of nitrogens with two attached hydrogens (primary N) is 2. The molecule has 0 fully saturated rings. The van der Waals surface area contributed by atoms with E-state index in [0.29, 0.717) is 0 Å². The predicted octanol–water partition coefficient (Wildman–Crippen LogP) is -0.285. The molecule has 3 aromatic rings. The van der Waals surface area contributed by atoms with Crippen molar-refractivity contribution in [3.63, 3.8) is 0 Å². The van der Waals surface area contributed by atoms with Crippen molar-refractivity contribution in [3.8, 4) is 0 Å². The SMILES string of the molecule is CC(NC(=O)C(Cc1ccccc1)NC(=O)C(Cc1c[nH]c2ccccc12)NC(=O)C(N)CC(N)=O)C(=O)O. The molecule has 0 saturated heterocycles. The predicted molar refractivity (Wildman–Crippen MR) is 143 cm³/mol. The molecule has 0 aliphatic heterocycles. The van der Waals surface area contributed by atoms with Gasteiger partial charge in [0.2, 0.25) is 23.6 Å². The van der Waals surface area contributed by atoms with Crippen molar-refractivity contribution in [1.82, 2.24) is 20.9 Å². The number of aromatic amines is 1. The second-order valence-electron chi connectivity index (χ2n) is 9.22. The molecular weight excluding hydrogens is 504 g/mol. The standard InChI is InChI=1S/C27H32N6O6/c1-15(27(38)39)31-25(36)21(11-16-7-3-2-4-8-16)33-26(37)22(32-24(35)19(28)13-23(29)34)12-17-14-30-20-10-6-5-9-18(17)20/h2-10,14-15,19,21-22,30H,11-13,28H2,1H3,(H2,29,34)(H,31,36)(H,32,35)(H,33,37)(H,38,39). The molecule has 4 atom stereocenters. The van der Waals surface area contributed by atoms with E-state index >= 15 is 0 Å². The Kier molecular flexibility index (Phi) is 9.76. The Balaban J connectivity index is 1.87. The van der Waals surface area contributed by atoms with Gasteiger partial charge in [-0.05, 0) is 24.1 Å². The van der Waals surface area contributed by atoms with Crippen molar-refractivity contribution in [2.45, 2.75) is 50.4 Å². The third-order valence-electron chi connectivity index (χ3n) is 6.13. The Bertz CT molecular complexity index is 1340. The number of hydrogen-bond acceptors (Lipinski definition) is 6. The maximum atomic E-state index is 13.5. The Morgan fingerprint density at radius 2 is 1.44 bits per heavy atom. The summed E-state index contributed by atoms with van der Waals surface area (Å²) in [6.45, 7) is 1.31. The minimum atomic E-state index is -1.28. The molecule has 4 unspecified atom stereocenters. The van der Waals surface area contributed by atoms with E-state index in [1.807, 2.05) is 24.3 Å². The van der Waals surface area contributed by atoms with Crippen molar-refractivity contribution in [1.29, 1.82) is 0 Å². The lowest BCUT2D eigenvalue weighted by molar-refractivity contribution is -0.141. The van der Waals surface area contributed by atoms with E-state index in [0.717, 1.165) is 22.0 Å². The van der Waals surface area contributed by atoms with Crippen LogP contribution in [0.4, 0.5) is 0 Å². The lowest BCUT2D eigenvalue weighted by atomic mass is 10.0. The van der Waals surface area contributed by atoms with Crippen molar-refractivity contribution in [2.24, 2.45) is 11.5 Å². The van der Waals surface area contributed by atoms with Crippen LogP contribution < -0.4 is 27.4 Å². The monoisotopic (exact) mass is 536 g/mol. The van der Waals surface area contributed by atoms with Crippen molar-refractivity contribution < 1.29 is 29.1 Å². The number of fused-ring (bicyclic) bond motifs is 1. The van der Waals surface area contributed by atoms with Crippen LogP contribution >= 0.6 is 0 Å². The van der Waals surface area contributed by atoms with Gasteiger partial charge in [0.05, 0.1) is 12.5 Å². The summed E-state index contributed by atoms with van der Waals surface area (Å²) in [5.41, 5.74) is 13.2. The van der Waals surface area contributed by atoms with Crippen LogP contribution in [-0.4, -0.2) is 63.9 Å². The number of benzene rings is 2. The molecule has 12 nitrogen and oxygen atoms in total. The molecule has 0 bridgehead atoms. The van der Waals surface area contributed by atoms with Crippen LogP contribution in [0.3, 0.4) is 0 Å². The lowest BCUT2D eigenvalue weighted by Gasteiger charge is -2.25. The number of hydrogen-bond donors (Lipinski definition) is 7. The van der Waals surface area contributed by atoms with Gasteiger partial charge in [0.25, 0.3) is 0 Å². The number of aromatic nitrogens is 1. The number of carboxylic acids is 1. The molecule has 39 heavy (non-hydrogen) atoms. The third kappa shape index (κ3) is 8.14. The zero-order valence-electron chi connectivity index (χ0n) is 21.3. The van der Waals surface area contributed by atoms with E-state index in [2.05, 4.69) is 20.9 Å². The zero-order valence-corrected chi connectivity index (χ0v) is 21.3. The molecule has 2 aromatic carbocycles. The Labute approximate surface area is 224 Å². The minimum absolute atomic E-state index is 0.0378. The minimum Gasteiger partial charge on any atom is -0.480 e. The smallest absolute Gasteiger partial charge is 0.325 e. The number of rotatable bonds is 13. The maximum Gasteiger partial charge on any atom is 0.325 e. The van der Waals surface area contributed by atoms with Gasteiger partial charge in [-0.15, -0.1) is 0 Å². The number of amides is 4. The van der Waals surface area contributed by atoms with Crippen molar-refractivity contribution in [2.75, 3.05) is 0 Å². The van der Waals surface area contributed by atoms with Gasteiger partial charge in [-0.3, -0.25) is 24.0 Å². The van der Waals surface area contributed by atoms with Gasteiger partial charge in [0, 0.05) is 29.9 Å². The Hall–Kier alpha value is -4.71. The molecule has 0 aliphatic carbocycles. The molecule has 0 radical (unpaired) electrons. The molecular formula is C27H32N6O6. The molecule has 0 aliphatic rings. The van der Waals surface area contributed by atoms with Gasteiger partial charge >= 0.3 is 5.97 Å². The van der Waals surface area contributed by atoms with Gasteiger partial charge in [-0.1, -0.05) is 48.5 Å². The summed E-state index contributed by atoms with van der Waals surface area (Å²) in [6.07, 6.45) is 1.40. The summed E-state index contributed by atoms with van der Waals surface area (Å²) in [5, 5.41) is 17.7. The molecule has 206 valence electrons. The highest BCUT2D eigenvalue weighted by atomic mass is 16.4. The number of primary amides is 1. The first-order chi connectivity index (χ1) is 18.5. The maximum absolute atomic E-state index is 13.5. The first-order valence-corrected chi connectivity index (χ1v) is 12.3. The van der Waals surface area contributed by atoms with Crippen LogP contribution in [0, 0.1) is 0 Å². The molecule has 1 aromatic heterocycles. The van der Waals surface area contributed by atoms with Crippen LogP contribution in [0.5, 0.6) is 0 Å². The van der Waals surface area contributed by atoms with Gasteiger partial charge in [-0.25, -0.2) is 0 Å². The molecule has 4 amide bonds. The third-order valence-corrected chi connectivity index (χ3v) is 6.13. The zero-order chi connectivity index (χ0) is 28.5. The molecule has 3 rings (SSSR count). The fraction of sp³-hybridized carbons (Fsp3) is 0.296. The quantitative estimate of drug-likeness (QED) is 0.155. The topological polar surface area (TPSA) is 210 Å². The molecule has 9 N–H and O–H groups in total. The van der Waals surface area contributed by atoms with Gasteiger partial charge in [0.1, 0.15) is 18.1 Å². The normalized spacial score (nSPS) is 14.0. The van der Waals surface area contributed by atoms with Crippen molar-refractivity contribution >= 4 is 40.5 Å². The number of carbonyl (C=O) groups is 5. The van der Waals surface area contributed by atoms with E-state index in [4.69, 9.17) is 11.5 Å². The molecule has 0 saturated carbocycles. The van der Waals surface area contributed by atoms with Crippen molar-refractivity contribution in [3.05, 3.63) is 71.9 Å². The lowest BCUT2D eigenvalue weighted by Crippen LogP contribution is -2.58. The summed E-state index contributed by atoms with van der Waals surface area (Å²) >= 11 is 0. The Morgan fingerprint density at radius 1 is 0.846 bits per heavy atom. The van der Waals surface area contributed by atoms with E-state index in [1.165, 1.54) is 6.92 Å². The fourth-order valence-corrected chi connectivity index (χ4v) is 4.02. The molecule has 0 spiro atoms. The highest BCUT2D eigenvalue weighted by molar-refractivity contribution is 5.95. The fourth-order valence-electron chi connectivity index (χ4n) is 4.02. The number of nitrogens with one attached hydrogen (secondary N) is 4. The average molecular weight is 537 g/mol. The van der Waals surface area contributed by atoms with Gasteiger partial charge in [-0.2, -0.15) is 0 Å². The highest BCUT2D eigenvalue weighted by Gasteiger charge is 2.30. The van der Waals surface area contributed by atoms with Crippen LogP contribution in [0.1, 0.15) is 24.5 Å². The van der Waals surface area contributed by atoms with E-state index in [9.17, 15) is 29.1 Å². The Morgan fingerprint density at radius 3 is 2.10 bits per heavy atom. The molecule has 12 heteroatoms. The summed E-state index contributed by atoms with van der Waals surface area (Å²) in [4.78, 5) is 65.0. The van der Waals surface area contributed by atoms with Gasteiger partial charge < -0.3 is 37.5 Å². The van der Waals surface area contributed by atoms with Crippen LogP contribution in [0.25, 0.3) is 10.9 Å². The largest absolute Gasteiger partial charge is 0.480 e. The molecule has 1 heterocycles. The summed E-state index contributed by atoms with van der Waals surface area (Å²) in [7, 11) is 0. The first-order valence-electron chi connectivity index (χ1n) is 12.3. The summed E-state index contributed by atoms with van der Waals surface area (Å²) in [6, 6.07) is 11.5. The summed E-state index contributed by atoms with van der Waals surface area (Å²) < 4.78 is 0. The van der Waals surface area contributed by atoms with E-state index in [-0.39, 0.29) is 12.8 Å². The van der Waals surface area contributed by atoms with Gasteiger partial charge in [0.15, 0.2) is 0 Å². The number of para-hydroxylation sites is 1. The second kappa shape index (κ2) is 13.2. The summed E-state index contributed by atoms with van der Waals surface area (Å²) in [5.74, 6) is -4.18. The van der Waals surface area contributed by atoms with Crippen LogP contribution in [0.2, 0.25) is 0 Å². The van der Waals surface area contributed by atoms with Crippen LogP contribution in [-0.2, 0) is 36.8 Å². The van der Waals surface area contributed by atoms with E-state index < -0.39 is 60.2 Å².